The summed E-state index contributed by atoms with van der Waals surface area (Å²) in [4.78, 5) is 0. The molecule has 0 saturated carbocycles. The molecule has 1 N–H and O–H groups in total. The Morgan fingerprint density at radius 3 is 3.07 bits per heavy atom. The smallest absolute Gasteiger partial charge is 0.235 e. The van der Waals surface area contributed by atoms with Crippen molar-refractivity contribution < 1.29 is 4.74 Å². The summed E-state index contributed by atoms with van der Waals surface area (Å²) in [6.07, 6.45) is 1.51. The summed E-state index contributed by atoms with van der Waals surface area (Å²) in [5, 5.41) is 9.79. The van der Waals surface area contributed by atoms with Crippen LogP contribution in [0.3, 0.4) is 0 Å². The highest BCUT2D eigenvalue weighted by Crippen LogP contribution is 2.18. The Morgan fingerprint density at radius 1 is 1.40 bits per heavy atom. The molecule has 0 aliphatic heterocycles. The van der Waals surface area contributed by atoms with E-state index in [0.717, 1.165) is 5.56 Å². The van der Waals surface area contributed by atoms with Gasteiger partial charge in [0.1, 0.15) is 11.9 Å². The van der Waals surface area contributed by atoms with Gasteiger partial charge in [-0.1, -0.05) is 17.2 Å². The van der Waals surface area contributed by atoms with Crippen LogP contribution < -0.4 is 4.74 Å². The molecule has 4 nitrogen and oxygen atoms in total. The molecule has 0 unspecified atom stereocenters. The van der Waals surface area contributed by atoms with Crippen LogP contribution in [0.2, 0.25) is 0 Å². The summed E-state index contributed by atoms with van der Waals surface area (Å²) in [6, 6.07) is 7.52. The van der Waals surface area contributed by atoms with Crippen molar-refractivity contribution in [2.24, 2.45) is 0 Å². The molecule has 15 heavy (non-hydrogen) atoms. The largest absolute Gasteiger partial charge is 0.438 e. The van der Waals surface area contributed by atoms with Gasteiger partial charge in [-0.05, 0) is 25.1 Å². The van der Waals surface area contributed by atoms with Crippen LogP contribution in [0.25, 0.3) is 0 Å². The number of nitrogens with one attached hydrogen (secondary N) is 1. The third-order valence-electron chi connectivity index (χ3n) is 1.72. The molecule has 2 aromatic rings. The molecule has 0 amide bonds. The highest BCUT2D eigenvalue weighted by atomic mass is 16.5. The van der Waals surface area contributed by atoms with Crippen LogP contribution in [-0.4, -0.2) is 15.4 Å². The number of rotatable bonds is 2. The fourth-order valence-electron chi connectivity index (χ4n) is 1.15. The number of aromatic amines is 1. The quantitative estimate of drug-likeness (QED) is 0.752. The number of H-pyrrole nitrogens is 1. The molecule has 0 saturated heterocycles. The first kappa shape index (κ1) is 9.28. The molecule has 0 radical (unpaired) electrons. The number of hydrogen-bond donors (Lipinski definition) is 1. The van der Waals surface area contributed by atoms with Gasteiger partial charge < -0.3 is 4.74 Å². The second kappa shape index (κ2) is 4.29. The normalized spacial score (nSPS) is 9.13. The summed E-state index contributed by atoms with van der Waals surface area (Å²) in [6.45, 7) is 1.80. The van der Waals surface area contributed by atoms with Gasteiger partial charge in [0.25, 0.3) is 0 Å². The Hall–Kier alpha value is -2.28. The van der Waals surface area contributed by atoms with E-state index in [1.807, 2.05) is 24.3 Å². The molecule has 0 atom stereocenters. The fourth-order valence-corrected chi connectivity index (χ4v) is 1.15. The maximum atomic E-state index is 5.46. The Labute approximate surface area is 87.3 Å². The Bertz CT molecular complexity index is 494. The molecular weight excluding hydrogens is 190 g/mol. The molecule has 1 aromatic carbocycles. The number of ether oxygens (including phenoxy) is 1. The molecule has 2 rings (SSSR count). The van der Waals surface area contributed by atoms with E-state index in [-0.39, 0.29) is 0 Å². The van der Waals surface area contributed by atoms with E-state index in [1.54, 1.807) is 6.92 Å². The third-order valence-corrected chi connectivity index (χ3v) is 1.72. The predicted molar refractivity (Wildman–Crippen MR) is 55.5 cm³/mol. The van der Waals surface area contributed by atoms with E-state index in [0.29, 0.717) is 11.6 Å². The number of aromatic nitrogens is 3. The first-order valence-electron chi connectivity index (χ1n) is 4.45. The standard InChI is InChI=1S/C11H9N3O/c1-2-4-9-5-3-6-10(7-9)15-11-8-12-14-13-11/h3,5-8H,1H3,(H,12,13,14). The van der Waals surface area contributed by atoms with E-state index < -0.39 is 0 Å². The van der Waals surface area contributed by atoms with Gasteiger partial charge in [0.15, 0.2) is 0 Å². The van der Waals surface area contributed by atoms with Gasteiger partial charge in [-0.15, -0.1) is 11.0 Å². The molecule has 0 aliphatic rings. The second-order valence-corrected chi connectivity index (χ2v) is 2.83. The summed E-state index contributed by atoms with van der Waals surface area (Å²) in [7, 11) is 0. The van der Waals surface area contributed by atoms with E-state index in [1.165, 1.54) is 6.20 Å². The van der Waals surface area contributed by atoms with Crippen molar-refractivity contribution in [1.29, 1.82) is 0 Å². The minimum absolute atomic E-state index is 0.511. The predicted octanol–water partition coefficient (Wildman–Crippen LogP) is 1.97. The van der Waals surface area contributed by atoms with Gasteiger partial charge in [0.05, 0.1) is 0 Å². The van der Waals surface area contributed by atoms with Gasteiger partial charge in [-0.3, -0.25) is 0 Å². The van der Waals surface area contributed by atoms with Crippen LogP contribution in [-0.2, 0) is 0 Å². The van der Waals surface area contributed by atoms with Crippen LogP contribution in [0.4, 0.5) is 0 Å². The topological polar surface area (TPSA) is 50.8 Å². The van der Waals surface area contributed by atoms with Gasteiger partial charge in [0, 0.05) is 5.56 Å². The molecule has 0 fully saturated rings. The van der Waals surface area contributed by atoms with Gasteiger partial charge in [-0.25, -0.2) is 5.10 Å². The molecular formula is C11H9N3O. The van der Waals surface area contributed by atoms with Crippen LogP contribution in [0.5, 0.6) is 11.6 Å². The molecule has 4 heteroatoms. The van der Waals surface area contributed by atoms with E-state index in [2.05, 4.69) is 27.3 Å². The lowest BCUT2D eigenvalue weighted by Crippen LogP contribution is -1.85. The minimum atomic E-state index is 0.511. The molecule has 0 spiro atoms. The lowest BCUT2D eigenvalue weighted by molar-refractivity contribution is 0.461. The van der Waals surface area contributed by atoms with Crippen LogP contribution in [0.1, 0.15) is 12.5 Å². The lowest BCUT2D eigenvalue weighted by Gasteiger charge is -2.01. The zero-order chi connectivity index (χ0) is 10.5. The van der Waals surface area contributed by atoms with Crippen molar-refractivity contribution in [3.63, 3.8) is 0 Å². The Kier molecular flexibility index (Phi) is 2.65. The average Bonchev–Trinajstić information content (AvgIpc) is 2.71. The third kappa shape index (κ3) is 2.35. The maximum Gasteiger partial charge on any atom is 0.235 e. The maximum absolute atomic E-state index is 5.46. The second-order valence-electron chi connectivity index (χ2n) is 2.83. The van der Waals surface area contributed by atoms with Crippen LogP contribution in [0, 0.1) is 11.8 Å². The molecule has 1 heterocycles. The number of hydrogen-bond acceptors (Lipinski definition) is 3. The highest BCUT2D eigenvalue weighted by Gasteiger charge is 1.98. The van der Waals surface area contributed by atoms with Gasteiger partial charge in [0.2, 0.25) is 5.88 Å². The van der Waals surface area contributed by atoms with Crippen molar-refractivity contribution >= 4 is 0 Å². The minimum Gasteiger partial charge on any atom is -0.438 e. The van der Waals surface area contributed by atoms with Crippen LogP contribution >= 0.6 is 0 Å². The highest BCUT2D eigenvalue weighted by molar-refractivity contribution is 5.40. The van der Waals surface area contributed by atoms with Crippen molar-refractivity contribution in [3.8, 4) is 23.5 Å². The summed E-state index contributed by atoms with van der Waals surface area (Å²) in [5.41, 5.74) is 0.919. The lowest BCUT2D eigenvalue weighted by atomic mass is 10.2. The Balaban J connectivity index is 2.21. The molecule has 1 aromatic heterocycles. The number of nitrogens with zero attached hydrogens (tertiary/aromatic N) is 2. The van der Waals surface area contributed by atoms with Crippen LogP contribution in [0.15, 0.2) is 30.5 Å². The first-order chi connectivity index (χ1) is 7.38. The first-order valence-corrected chi connectivity index (χ1v) is 4.45. The SMILES string of the molecule is CC#Cc1cccc(Oc2cnn[nH]2)c1. The van der Waals surface area contributed by atoms with Crippen molar-refractivity contribution in [2.45, 2.75) is 6.92 Å². The summed E-state index contributed by atoms with van der Waals surface area (Å²) < 4.78 is 5.46. The van der Waals surface area contributed by atoms with E-state index in [9.17, 15) is 0 Å². The Morgan fingerprint density at radius 2 is 2.33 bits per heavy atom. The molecule has 0 aliphatic carbocycles. The van der Waals surface area contributed by atoms with Gasteiger partial charge >= 0.3 is 0 Å². The van der Waals surface area contributed by atoms with E-state index >= 15 is 0 Å². The van der Waals surface area contributed by atoms with Crippen molar-refractivity contribution in [3.05, 3.63) is 36.0 Å². The number of benzene rings is 1. The van der Waals surface area contributed by atoms with E-state index in [4.69, 9.17) is 4.74 Å². The molecule has 74 valence electrons. The zero-order valence-corrected chi connectivity index (χ0v) is 8.19. The molecule has 0 bridgehead atoms. The summed E-state index contributed by atoms with van der Waals surface area (Å²) >= 11 is 0. The zero-order valence-electron chi connectivity index (χ0n) is 8.19. The summed E-state index contributed by atoms with van der Waals surface area (Å²) in [5.74, 6) is 7.01. The van der Waals surface area contributed by atoms with Crippen molar-refractivity contribution in [1.82, 2.24) is 15.4 Å². The fraction of sp³-hybridized carbons (Fsp3) is 0.0909. The van der Waals surface area contributed by atoms with Gasteiger partial charge in [-0.2, -0.15) is 0 Å². The van der Waals surface area contributed by atoms with Crippen molar-refractivity contribution in [2.75, 3.05) is 0 Å². The average molecular weight is 199 g/mol. The monoisotopic (exact) mass is 199 g/mol.